The number of hydrogen-bond acceptors (Lipinski definition) is 9. The molecule has 0 amide bonds. The van der Waals surface area contributed by atoms with Gasteiger partial charge in [-0.25, -0.2) is 19.2 Å². The fourth-order valence-electron chi connectivity index (χ4n) is 1.16. The van der Waals surface area contributed by atoms with Crippen molar-refractivity contribution in [2.24, 2.45) is 0 Å². The molecule has 0 saturated heterocycles. The Labute approximate surface area is 144 Å². The van der Waals surface area contributed by atoms with E-state index in [1.165, 1.54) is 0 Å². The third-order valence-corrected chi connectivity index (χ3v) is 2.16. The molecule has 0 N–H and O–H groups in total. The molecule has 0 aliphatic rings. The summed E-state index contributed by atoms with van der Waals surface area (Å²) >= 11 is 0. The van der Waals surface area contributed by atoms with E-state index in [1.807, 2.05) is 0 Å². The lowest BCUT2D eigenvalue weighted by atomic mass is 10.5. The Kier molecular flexibility index (Phi) is 10.7. The predicted molar refractivity (Wildman–Crippen MR) is 83.6 cm³/mol. The summed E-state index contributed by atoms with van der Waals surface area (Å²) < 4.78 is 24.0. The van der Waals surface area contributed by atoms with Crippen LogP contribution in [0.25, 0.3) is 0 Å². The molecule has 0 rings (SSSR count). The van der Waals surface area contributed by atoms with Crippen LogP contribution in [0.5, 0.6) is 0 Å². The smallest absolute Gasteiger partial charge is 0.333 e. The second-order valence-corrected chi connectivity index (χ2v) is 3.96. The second-order valence-electron chi connectivity index (χ2n) is 3.96. The number of carbonyl (C=O) groups is 4. The van der Waals surface area contributed by atoms with Gasteiger partial charge in [-0.2, -0.15) is 0 Å². The number of ether oxygens (including phenoxy) is 5. The Morgan fingerprint density at radius 1 is 0.600 bits per heavy atom. The highest BCUT2D eigenvalue weighted by Gasteiger charge is 2.21. The van der Waals surface area contributed by atoms with E-state index in [9.17, 15) is 19.2 Å². The van der Waals surface area contributed by atoms with Crippen LogP contribution >= 0.6 is 0 Å². The Hall–Kier alpha value is -3.20. The van der Waals surface area contributed by atoms with Crippen LogP contribution in [0.4, 0.5) is 0 Å². The minimum Gasteiger partial charge on any atom is -0.419 e. The summed E-state index contributed by atoms with van der Waals surface area (Å²) in [6, 6.07) is 0. The van der Waals surface area contributed by atoms with Gasteiger partial charge in [0.05, 0.1) is 0 Å². The van der Waals surface area contributed by atoms with Crippen molar-refractivity contribution >= 4 is 23.9 Å². The molecule has 136 valence electrons. The van der Waals surface area contributed by atoms with Gasteiger partial charge in [-0.05, 0) is 0 Å². The van der Waals surface area contributed by atoms with Gasteiger partial charge in [0.15, 0.2) is 0 Å². The SMILES string of the molecule is C=CC(=O)OC(COCC(OC(=O)C=C)OC(=O)C=C)OC(=O)C=C. The molecule has 0 saturated carbocycles. The van der Waals surface area contributed by atoms with Crippen LogP contribution in [0, 0.1) is 0 Å². The molecule has 25 heavy (non-hydrogen) atoms. The first-order valence-electron chi connectivity index (χ1n) is 6.76. The summed E-state index contributed by atoms with van der Waals surface area (Å²) in [7, 11) is 0. The van der Waals surface area contributed by atoms with Crippen LogP contribution in [0.3, 0.4) is 0 Å². The minimum absolute atomic E-state index is 0.438. The highest BCUT2D eigenvalue weighted by atomic mass is 16.7. The highest BCUT2D eigenvalue weighted by molar-refractivity contribution is 5.83. The molecule has 0 spiro atoms. The maximum Gasteiger partial charge on any atom is 0.333 e. The van der Waals surface area contributed by atoms with Gasteiger partial charge in [0, 0.05) is 24.3 Å². The highest BCUT2D eigenvalue weighted by Crippen LogP contribution is 2.03. The molecular weight excluding hydrogens is 336 g/mol. The predicted octanol–water partition coefficient (Wildman–Crippen LogP) is 0.572. The maximum absolute atomic E-state index is 11.2. The summed E-state index contributed by atoms with van der Waals surface area (Å²) in [6.45, 7) is 11.9. The standard InChI is InChI=1S/C16H18O9/c1-5-11(17)22-15(23-12(18)6-2)9-21-10-16(24-13(19)7-3)25-14(20)8-4/h5-8,15-16H,1-4,9-10H2. The molecule has 0 fully saturated rings. The van der Waals surface area contributed by atoms with Crippen LogP contribution in [0.2, 0.25) is 0 Å². The van der Waals surface area contributed by atoms with E-state index in [-0.39, 0.29) is 0 Å². The summed E-state index contributed by atoms with van der Waals surface area (Å²) in [4.78, 5) is 44.7. The Morgan fingerprint density at radius 3 is 1.04 bits per heavy atom. The van der Waals surface area contributed by atoms with Crippen LogP contribution in [-0.2, 0) is 42.9 Å². The van der Waals surface area contributed by atoms with E-state index in [0.29, 0.717) is 0 Å². The fourth-order valence-corrected chi connectivity index (χ4v) is 1.16. The van der Waals surface area contributed by atoms with E-state index >= 15 is 0 Å². The molecule has 0 aliphatic carbocycles. The summed E-state index contributed by atoms with van der Waals surface area (Å²) in [6.07, 6.45) is 0.596. The largest absolute Gasteiger partial charge is 0.419 e. The lowest BCUT2D eigenvalue weighted by Gasteiger charge is -2.20. The van der Waals surface area contributed by atoms with Gasteiger partial charge in [0.25, 0.3) is 12.6 Å². The molecule has 0 atom stereocenters. The lowest BCUT2D eigenvalue weighted by Crippen LogP contribution is -2.32. The van der Waals surface area contributed by atoms with Crippen molar-refractivity contribution in [3.8, 4) is 0 Å². The average molecular weight is 354 g/mol. The number of esters is 4. The van der Waals surface area contributed by atoms with Gasteiger partial charge in [-0.15, -0.1) is 0 Å². The zero-order valence-electron chi connectivity index (χ0n) is 13.4. The van der Waals surface area contributed by atoms with Crippen molar-refractivity contribution < 1.29 is 42.9 Å². The van der Waals surface area contributed by atoms with Crippen molar-refractivity contribution in [1.29, 1.82) is 0 Å². The molecular formula is C16H18O9. The fraction of sp³-hybridized carbons (Fsp3) is 0.250. The summed E-state index contributed by atoms with van der Waals surface area (Å²) in [5, 5.41) is 0. The van der Waals surface area contributed by atoms with Crippen molar-refractivity contribution in [1.82, 2.24) is 0 Å². The molecule has 9 heteroatoms. The third-order valence-electron chi connectivity index (χ3n) is 2.16. The topological polar surface area (TPSA) is 114 Å². The monoisotopic (exact) mass is 354 g/mol. The third kappa shape index (κ3) is 10.2. The molecule has 0 aliphatic heterocycles. The van der Waals surface area contributed by atoms with E-state index in [1.54, 1.807) is 0 Å². The van der Waals surface area contributed by atoms with E-state index in [0.717, 1.165) is 24.3 Å². The zero-order chi connectivity index (χ0) is 19.2. The first-order valence-corrected chi connectivity index (χ1v) is 6.76. The van der Waals surface area contributed by atoms with Gasteiger partial charge >= 0.3 is 23.9 Å². The van der Waals surface area contributed by atoms with Gasteiger partial charge in [-0.3, -0.25) is 0 Å². The van der Waals surface area contributed by atoms with E-state index < -0.39 is 49.7 Å². The van der Waals surface area contributed by atoms with Gasteiger partial charge in [-0.1, -0.05) is 26.3 Å². The Bertz CT molecular complexity index is 458. The van der Waals surface area contributed by atoms with Gasteiger partial charge in [0.1, 0.15) is 13.2 Å². The zero-order valence-corrected chi connectivity index (χ0v) is 13.4. The van der Waals surface area contributed by atoms with Crippen LogP contribution in [0.15, 0.2) is 50.6 Å². The Morgan fingerprint density at radius 2 is 0.840 bits per heavy atom. The van der Waals surface area contributed by atoms with E-state index in [2.05, 4.69) is 26.3 Å². The molecule has 0 radical (unpaired) electrons. The van der Waals surface area contributed by atoms with Crippen molar-refractivity contribution in [3.63, 3.8) is 0 Å². The molecule has 0 heterocycles. The van der Waals surface area contributed by atoms with Crippen molar-refractivity contribution in [2.75, 3.05) is 13.2 Å². The second kappa shape index (κ2) is 12.3. The number of rotatable bonds is 12. The number of carbonyl (C=O) groups excluding carboxylic acids is 4. The van der Waals surface area contributed by atoms with Crippen LogP contribution in [0.1, 0.15) is 0 Å². The molecule has 0 aromatic carbocycles. The van der Waals surface area contributed by atoms with E-state index in [4.69, 9.17) is 23.7 Å². The van der Waals surface area contributed by atoms with Crippen molar-refractivity contribution in [2.45, 2.75) is 12.6 Å². The summed E-state index contributed by atoms with van der Waals surface area (Å²) in [5.74, 6) is -3.45. The van der Waals surface area contributed by atoms with Crippen LogP contribution < -0.4 is 0 Å². The first kappa shape index (κ1) is 21.8. The minimum atomic E-state index is -1.41. The average Bonchev–Trinajstić information content (AvgIpc) is 2.60. The normalized spacial score (nSPS) is 9.68. The quantitative estimate of drug-likeness (QED) is 0.282. The van der Waals surface area contributed by atoms with Gasteiger partial charge in [0.2, 0.25) is 0 Å². The summed E-state index contributed by atoms with van der Waals surface area (Å²) in [5.41, 5.74) is 0. The van der Waals surface area contributed by atoms with Crippen LogP contribution in [-0.4, -0.2) is 49.7 Å². The molecule has 0 unspecified atom stereocenters. The Balaban J connectivity index is 4.72. The molecule has 0 aromatic heterocycles. The van der Waals surface area contributed by atoms with Gasteiger partial charge < -0.3 is 23.7 Å². The molecule has 0 aromatic rings. The maximum atomic E-state index is 11.2. The molecule has 0 bridgehead atoms. The number of hydrogen-bond donors (Lipinski definition) is 0. The van der Waals surface area contributed by atoms with Crippen molar-refractivity contribution in [3.05, 3.63) is 50.6 Å². The first-order chi connectivity index (χ1) is 11.9. The lowest BCUT2D eigenvalue weighted by molar-refractivity contribution is -0.204. The molecule has 9 nitrogen and oxygen atoms in total.